The number of amides is 2. The lowest BCUT2D eigenvalue weighted by molar-refractivity contribution is -0.136. The summed E-state index contributed by atoms with van der Waals surface area (Å²) in [5.41, 5.74) is 2.21. The summed E-state index contributed by atoms with van der Waals surface area (Å²) < 4.78 is 10.7. The molecular weight excluding hydrogens is 398 g/mol. The zero-order valence-electron chi connectivity index (χ0n) is 17.6. The number of carbonyl (C=O) groups excluding carboxylic acids is 2. The van der Waals surface area contributed by atoms with E-state index in [1.54, 1.807) is 32.4 Å². The molecule has 0 unspecified atom stereocenters. The molecule has 30 heavy (non-hydrogen) atoms. The minimum atomic E-state index is -0.237. The number of nitrogens with zero attached hydrogens (tertiary/aromatic N) is 1. The van der Waals surface area contributed by atoms with Crippen LogP contribution in [-0.4, -0.2) is 37.5 Å². The quantitative estimate of drug-likeness (QED) is 0.400. The lowest BCUT2D eigenvalue weighted by atomic mass is 10.1. The molecule has 0 saturated heterocycles. The zero-order valence-corrected chi connectivity index (χ0v) is 18.5. The van der Waals surface area contributed by atoms with Crippen LogP contribution in [0.15, 0.2) is 53.4 Å². The Kier molecular flexibility index (Phi) is 7.57. The van der Waals surface area contributed by atoms with Crippen LogP contribution in [0.5, 0.6) is 11.5 Å². The summed E-state index contributed by atoms with van der Waals surface area (Å²) in [4.78, 5) is 28.3. The van der Waals surface area contributed by atoms with Gasteiger partial charge in [-0.15, -0.1) is 11.8 Å². The lowest BCUT2D eigenvalue weighted by Gasteiger charge is -2.15. The van der Waals surface area contributed by atoms with Gasteiger partial charge in [-0.3, -0.25) is 14.5 Å². The van der Waals surface area contributed by atoms with E-state index >= 15 is 0 Å². The molecule has 6 heteroatoms. The Morgan fingerprint density at radius 2 is 1.63 bits per heavy atom. The van der Waals surface area contributed by atoms with Gasteiger partial charge in [0.15, 0.2) is 11.5 Å². The second-order valence-corrected chi connectivity index (χ2v) is 8.00. The van der Waals surface area contributed by atoms with E-state index in [-0.39, 0.29) is 11.8 Å². The smallest absolute Gasteiger partial charge is 0.267 e. The molecule has 1 aliphatic heterocycles. The van der Waals surface area contributed by atoms with E-state index in [1.165, 1.54) is 16.7 Å². The number of methoxy groups -OCH3 is 2. The molecule has 3 rings (SSSR count). The molecule has 2 aromatic carbocycles. The third-order valence-electron chi connectivity index (χ3n) is 5.01. The van der Waals surface area contributed by atoms with E-state index in [0.717, 1.165) is 24.8 Å². The molecule has 0 fully saturated rings. The van der Waals surface area contributed by atoms with Gasteiger partial charge >= 0.3 is 0 Å². The van der Waals surface area contributed by atoms with E-state index in [1.807, 2.05) is 30.3 Å². The van der Waals surface area contributed by atoms with Crippen LogP contribution in [0.2, 0.25) is 0 Å². The van der Waals surface area contributed by atoms with Crippen molar-refractivity contribution >= 4 is 29.1 Å². The van der Waals surface area contributed by atoms with Crippen LogP contribution in [0.25, 0.3) is 5.57 Å². The molecule has 0 aliphatic carbocycles. The molecular formula is C24H27NO4S. The standard InChI is InChI=1S/C24H27NO4S/c1-4-5-9-14-25-23(26)21(18-12-13-19(28-2)20(15-18)29-3)22(24(25)27)30-16-17-10-7-6-8-11-17/h6-8,10-13,15H,4-5,9,14,16H2,1-3H3. The van der Waals surface area contributed by atoms with E-state index in [2.05, 4.69) is 6.92 Å². The topological polar surface area (TPSA) is 55.8 Å². The minimum Gasteiger partial charge on any atom is -0.493 e. The molecule has 0 bridgehead atoms. The number of ether oxygens (including phenoxy) is 2. The van der Waals surface area contributed by atoms with Gasteiger partial charge in [-0.1, -0.05) is 56.2 Å². The number of benzene rings is 2. The Bertz CT molecular complexity index is 939. The van der Waals surface area contributed by atoms with Gasteiger partial charge in [0.1, 0.15) is 0 Å². The summed E-state index contributed by atoms with van der Waals surface area (Å²) in [5.74, 6) is 1.28. The van der Waals surface area contributed by atoms with Crippen molar-refractivity contribution in [2.75, 3.05) is 20.8 Å². The molecule has 1 aliphatic rings. The first kappa shape index (κ1) is 22.0. The summed E-state index contributed by atoms with van der Waals surface area (Å²) in [7, 11) is 3.12. The average Bonchev–Trinajstić information content (AvgIpc) is 3.02. The molecule has 0 spiro atoms. The van der Waals surface area contributed by atoms with Crippen LogP contribution in [0.4, 0.5) is 0 Å². The number of carbonyl (C=O) groups is 2. The van der Waals surface area contributed by atoms with E-state index in [4.69, 9.17) is 9.47 Å². The van der Waals surface area contributed by atoms with Gasteiger partial charge in [-0.05, 0) is 29.7 Å². The SMILES string of the molecule is CCCCCN1C(=O)C(SCc2ccccc2)=C(c2ccc(OC)c(OC)c2)C1=O. The summed E-state index contributed by atoms with van der Waals surface area (Å²) in [5, 5.41) is 0. The first-order chi connectivity index (χ1) is 14.6. The fourth-order valence-electron chi connectivity index (χ4n) is 3.39. The van der Waals surface area contributed by atoms with Crippen molar-refractivity contribution in [3.8, 4) is 11.5 Å². The highest BCUT2D eigenvalue weighted by Crippen LogP contribution is 2.40. The predicted octanol–water partition coefficient (Wildman–Crippen LogP) is 4.91. The van der Waals surface area contributed by atoms with Crippen molar-refractivity contribution in [1.29, 1.82) is 0 Å². The molecule has 0 N–H and O–H groups in total. The van der Waals surface area contributed by atoms with Crippen LogP contribution in [0.3, 0.4) is 0 Å². The zero-order chi connectivity index (χ0) is 21.5. The Balaban J connectivity index is 1.96. The third kappa shape index (κ3) is 4.70. The van der Waals surface area contributed by atoms with E-state index in [0.29, 0.717) is 39.8 Å². The molecule has 158 valence electrons. The largest absolute Gasteiger partial charge is 0.493 e. The fourth-order valence-corrected chi connectivity index (χ4v) is 4.47. The maximum Gasteiger partial charge on any atom is 0.267 e. The van der Waals surface area contributed by atoms with Crippen molar-refractivity contribution in [1.82, 2.24) is 4.90 Å². The first-order valence-corrected chi connectivity index (χ1v) is 11.1. The molecule has 5 nitrogen and oxygen atoms in total. The van der Waals surface area contributed by atoms with Gasteiger partial charge in [-0.25, -0.2) is 0 Å². The number of imide groups is 1. The maximum absolute atomic E-state index is 13.2. The molecule has 2 amide bonds. The number of unbranched alkanes of at least 4 members (excludes halogenated alkanes) is 2. The van der Waals surface area contributed by atoms with Gasteiger partial charge in [0, 0.05) is 12.3 Å². The maximum atomic E-state index is 13.2. The highest BCUT2D eigenvalue weighted by atomic mass is 32.2. The van der Waals surface area contributed by atoms with Gasteiger partial charge in [-0.2, -0.15) is 0 Å². The predicted molar refractivity (Wildman–Crippen MR) is 120 cm³/mol. The summed E-state index contributed by atoms with van der Waals surface area (Å²) in [6, 6.07) is 15.3. The van der Waals surface area contributed by atoms with Crippen LogP contribution in [0, 0.1) is 0 Å². The van der Waals surface area contributed by atoms with Crippen LogP contribution in [0.1, 0.15) is 37.3 Å². The Morgan fingerprint density at radius 3 is 2.30 bits per heavy atom. The molecule has 1 heterocycles. The Hall–Kier alpha value is -2.73. The molecule has 0 saturated carbocycles. The summed E-state index contributed by atoms with van der Waals surface area (Å²) in [6.07, 6.45) is 2.82. The highest BCUT2D eigenvalue weighted by Gasteiger charge is 2.39. The molecule has 2 aromatic rings. The fraction of sp³-hybridized carbons (Fsp3) is 0.333. The van der Waals surface area contributed by atoms with Crippen molar-refractivity contribution in [3.05, 3.63) is 64.6 Å². The summed E-state index contributed by atoms with van der Waals surface area (Å²) >= 11 is 1.41. The van der Waals surface area contributed by atoms with Crippen LogP contribution in [-0.2, 0) is 15.3 Å². The average molecular weight is 426 g/mol. The molecule has 0 radical (unpaired) electrons. The van der Waals surface area contributed by atoms with Crippen molar-refractivity contribution < 1.29 is 19.1 Å². The molecule has 0 atom stereocenters. The van der Waals surface area contributed by atoms with Crippen LogP contribution >= 0.6 is 11.8 Å². The second-order valence-electron chi connectivity index (χ2n) is 7.02. The van der Waals surface area contributed by atoms with Gasteiger partial charge in [0.25, 0.3) is 11.8 Å². The second kappa shape index (κ2) is 10.3. The molecule has 0 aromatic heterocycles. The Labute approximate surface area is 182 Å². The van der Waals surface area contributed by atoms with Gasteiger partial charge in [0.05, 0.1) is 24.7 Å². The third-order valence-corrected chi connectivity index (χ3v) is 6.15. The lowest BCUT2D eigenvalue weighted by Crippen LogP contribution is -2.32. The van der Waals surface area contributed by atoms with Crippen molar-refractivity contribution in [2.45, 2.75) is 31.9 Å². The van der Waals surface area contributed by atoms with Crippen molar-refractivity contribution in [3.63, 3.8) is 0 Å². The normalized spacial score (nSPS) is 13.9. The van der Waals surface area contributed by atoms with E-state index < -0.39 is 0 Å². The minimum absolute atomic E-state index is 0.207. The summed E-state index contributed by atoms with van der Waals surface area (Å²) in [6.45, 7) is 2.54. The van der Waals surface area contributed by atoms with Crippen molar-refractivity contribution in [2.24, 2.45) is 0 Å². The highest BCUT2D eigenvalue weighted by molar-refractivity contribution is 8.03. The Morgan fingerprint density at radius 1 is 0.900 bits per heavy atom. The monoisotopic (exact) mass is 425 g/mol. The van der Waals surface area contributed by atoms with Gasteiger partial charge in [0.2, 0.25) is 0 Å². The number of thioether (sulfide) groups is 1. The number of hydrogen-bond donors (Lipinski definition) is 0. The van der Waals surface area contributed by atoms with Crippen LogP contribution < -0.4 is 9.47 Å². The first-order valence-electron chi connectivity index (χ1n) is 10.1. The van der Waals surface area contributed by atoms with Gasteiger partial charge < -0.3 is 9.47 Å². The number of hydrogen-bond acceptors (Lipinski definition) is 5. The number of rotatable bonds is 10. The van der Waals surface area contributed by atoms with E-state index in [9.17, 15) is 9.59 Å².